The summed E-state index contributed by atoms with van der Waals surface area (Å²) < 4.78 is 29.7. The first-order chi connectivity index (χ1) is 14.7. The van der Waals surface area contributed by atoms with Crippen LogP contribution in [0.1, 0.15) is 11.1 Å². The second kappa shape index (κ2) is 9.96. The van der Waals surface area contributed by atoms with Crippen molar-refractivity contribution in [2.24, 2.45) is 4.99 Å². The number of sulfonamides is 1. The van der Waals surface area contributed by atoms with Crippen molar-refractivity contribution in [1.29, 1.82) is 0 Å². The first-order valence-corrected chi connectivity index (χ1v) is 12.2. The van der Waals surface area contributed by atoms with Crippen LogP contribution >= 0.6 is 35.3 Å². The lowest BCUT2D eigenvalue weighted by Crippen LogP contribution is -2.29. The Kier molecular flexibility index (Phi) is 7.54. The van der Waals surface area contributed by atoms with E-state index in [1.165, 1.54) is 3.71 Å². The topological polar surface area (TPSA) is 53.0 Å². The Bertz CT molecular complexity index is 1200. The second-order valence-corrected chi connectivity index (χ2v) is 10.8. The molecular weight excluding hydrogens is 473 g/mol. The molecule has 5 nitrogen and oxygen atoms in total. The minimum Gasteiger partial charge on any atom is -0.291 e. The predicted octanol–water partition coefficient (Wildman–Crippen LogP) is 6.66. The van der Waals surface area contributed by atoms with Crippen LogP contribution < -0.4 is 3.71 Å². The molecular formula is C22H21Cl2N3O2S2. The van der Waals surface area contributed by atoms with Crippen molar-refractivity contribution in [2.45, 2.75) is 18.7 Å². The van der Waals surface area contributed by atoms with Crippen LogP contribution in [0.25, 0.3) is 0 Å². The van der Waals surface area contributed by atoms with Gasteiger partial charge in [0.15, 0.2) is 0 Å². The molecule has 3 rings (SSSR count). The Morgan fingerprint density at radius 2 is 1.65 bits per heavy atom. The van der Waals surface area contributed by atoms with Crippen molar-refractivity contribution in [3.8, 4) is 0 Å². The van der Waals surface area contributed by atoms with E-state index in [9.17, 15) is 8.42 Å². The normalized spacial score (nSPS) is 11.6. The lowest BCUT2D eigenvalue weighted by molar-refractivity contribution is 0.598. The lowest BCUT2D eigenvalue weighted by atomic mass is 10.2. The van der Waals surface area contributed by atoms with Gasteiger partial charge in [0, 0.05) is 12.1 Å². The van der Waals surface area contributed by atoms with Crippen molar-refractivity contribution >= 4 is 63.1 Å². The first-order valence-electron chi connectivity index (χ1n) is 9.26. The maximum Gasteiger partial charge on any atom is 0.275 e. The Hall–Kier alpha value is -2.19. The van der Waals surface area contributed by atoms with Gasteiger partial charge in [0.05, 0.1) is 33.4 Å². The van der Waals surface area contributed by atoms with Crippen LogP contribution in [0.4, 0.5) is 11.4 Å². The van der Waals surface area contributed by atoms with E-state index in [0.29, 0.717) is 15.7 Å². The maximum absolute atomic E-state index is 13.5. The largest absolute Gasteiger partial charge is 0.291 e. The molecule has 0 amide bonds. The van der Waals surface area contributed by atoms with Crippen LogP contribution in [-0.2, 0) is 10.0 Å². The smallest absolute Gasteiger partial charge is 0.275 e. The average molecular weight is 494 g/mol. The van der Waals surface area contributed by atoms with Gasteiger partial charge in [0.25, 0.3) is 10.0 Å². The molecule has 0 fully saturated rings. The lowest BCUT2D eigenvalue weighted by Gasteiger charge is -2.26. The van der Waals surface area contributed by atoms with Crippen LogP contribution in [0.15, 0.2) is 76.6 Å². The van der Waals surface area contributed by atoms with Gasteiger partial charge in [-0.2, -0.15) is 3.71 Å². The Morgan fingerprint density at radius 1 is 0.968 bits per heavy atom. The summed E-state index contributed by atoms with van der Waals surface area (Å²) >= 11 is 13.3. The van der Waals surface area contributed by atoms with Crippen LogP contribution in [0, 0.1) is 13.8 Å². The van der Waals surface area contributed by atoms with Gasteiger partial charge in [-0.15, -0.1) is 0 Å². The Morgan fingerprint density at radius 3 is 2.29 bits per heavy atom. The SMILES string of the molecule is Cc1ccc(S(=O)(=O)N(SN(C)/C=N/c2ccc(Cl)cc2C)c2ccccc2Cl)cc1. The number of anilines is 1. The third kappa shape index (κ3) is 5.74. The predicted molar refractivity (Wildman–Crippen MR) is 132 cm³/mol. The van der Waals surface area contributed by atoms with E-state index in [1.807, 2.05) is 26.0 Å². The zero-order valence-electron chi connectivity index (χ0n) is 17.2. The number of aliphatic imine (C=N–C) groups is 1. The highest BCUT2D eigenvalue weighted by Crippen LogP contribution is 2.36. The number of nitrogens with zero attached hydrogens (tertiary/aromatic N) is 3. The standard InChI is InChI=1S/C22H21Cl2N3O2S2/c1-16-8-11-19(12-9-16)31(28,29)27(22-7-5-4-6-20(22)24)30-26(3)15-25-21-13-10-18(23)14-17(21)2/h4-15H,1-3H3/b25-15+. The van der Waals surface area contributed by atoms with E-state index in [1.54, 1.807) is 72.3 Å². The van der Waals surface area contributed by atoms with Gasteiger partial charge in [0.1, 0.15) is 6.34 Å². The molecule has 0 unspecified atom stereocenters. The molecule has 0 radical (unpaired) electrons. The average Bonchev–Trinajstić information content (AvgIpc) is 2.72. The summed E-state index contributed by atoms with van der Waals surface area (Å²) in [6.07, 6.45) is 1.55. The van der Waals surface area contributed by atoms with Gasteiger partial charge >= 0.3 is 0 Å². The quantitative estimate of drug-likeness (QED) is 0.209. The number of hydrogen-bond acceptors (Lipinski definition) is 4. The van der Waals surface area contributed by atoms with Crippen molar-refractivity contribution in [3.05, 3.63) is 87.9 Å². The van der Waals surface area contributed by atoms with Gasteiger partial charge in [-0.05, 0) is 61.9 Å². The van der Waals surface area contributed by atoms with Gasteiger partial charge in [-0.3, -0.25) is 4.31 Å². The summed E-state index contributed by atoms with van der Waals surface area (Å²) in [5, 5.41) is 0.956. The summed E-state index contributed by atoms with van der Waals surface area (Å²) in [6.45, 7) is 3.81. The van der Waals surface area contributed by atoms with Crippen LogP contribution in [-0.4, -0.2) is 26.1 Å². The van der Waals surface area contributed by atoms with Gasteiger partial charge < -0.3 is 0 Å². The highest BCUT2D eigenvalue weighted by atomic mass is 35.5. The Balaban J connectivity index is 1.94. The molecule has 0 heterocycles. The molecule has 31 heavy (non-hydrogen) atoms. The number of aryl methyl sites for hydroxylation is 2. The van der Waals surface area contributed by atoms with Gasteiger partial charge in [-0.1, -0.05) is 53.0 Å². The van der Waals surface area contributed by atoms with E-state index in [4.69, 9.17) is 23.2 Å². The summed E-state index contributed by atoms with van der Waals surface area (Å²) in [4.78, 5) is 4.62. The first kappa shape index (κ1) is 23.5. The van der Waals surface area contributed by atoms with Crippen molar-refractivity contribution in [3.63, 3.8) is 0 Å². The highest BCUT2D eigenvalue weighted by Gasteiger charge is 2.28. The number of rotatable bonds is 7. The molecule has 162 valence electrons. The molecule has 0 saturated carbocycles. The van der Waals surface area contributed by atoms with E-state index in [0.717, 1.165) is 28.9 Å². The zero-order valence-corrected chi connectivity index (χ0v) is 20.3. The fourth-order valence-electron chi connectivity index (χ4n) is 2.67. The molecule has 0 N–H and O–H groups in total. The van der Waals surface area contributed by atoms with Gasteiger partial charge in [0.2, 0.25) is 0 Å². The Labute approximate surface area is 197 Å². The number of hydrogen-bond donors (Lipinski definition) is 0. The number of benzene rings is 3. The second-order valence-electron chi connectivity index (χ2n) is 6.80. The van der Waals surface area contributed by atoms with Crippen LogP contribution in [0.2, 0.25) is 10.0 Å². The van der Waals surface area contributed by atoms with Crippen LogP contribution in [0.5, 0.6) is 0 Å². The molecule has 3 aromatic rings. The fraction of sp³-hybridized carbons (Fsp3) is 0.136. The molecule has 0 aromatic heterocycles. The van der Waals surface area contributed by atoms with Gasteiger partial charge in [-0.25, -0.2) is 13.4 Å². The molecule has 0 atom stereocenters. The third-order valence-corrected chi connectivity index (χ3v) is 7.85. The summed E-state index contributed by atoms with van der Waals surface area (Å²) in [6, 6.07) is 18.9. The summed E-state index contributed by atoms with van der Waals surface area (Å²) in [7, 11) is -2.18. The zero-order chi connectivity index (χ0) is 22.6. The molecule has 0 aliphatic rings. The summed E-state index contributed by atoms with van der Waals surface area (Å²) in [5.74, 6) is 0. The maximum atomic E-state index is 13.5. The molecule has 3 aromatic carbocycles. The molecule has 0 saturated heterocycles. The van der Waals surface area contributed by atoms with E-state index < -0.39 is 10.0 Å². The molecule has 0 aliphatic carbocycles. The molecule has 0 bridgehead atoms. The van der Waals surface area contributed by atoms with Crippen molar-refractivity contribution in [2.75, 3.05) is 10.8 Å². The van der Waals surface area contributed by atoms with E-state index in [-0.39, 0.29) is 4.90 Å². The minimum atomic E-state index is -3.89. The minimum absolute atomic E-state index is 0.171. The highest BCUT2D eigenvalue weighted by molar-refractivity contribution is 8.13. The van der Waals surface area contributed by atoms with Crippen molar-refractivity contribution in [1.82, 2.24) is 4.31 Å². The van der Waals surface area contributed by atoms with Crippen LogP contribution in [0.3, 0.4) is 0 Å². The third-order valence-electron chi connectivity index (χ3n) is 4.31. The van der Waals surface area contributed by atoms with E-state index in [2.05, 4.69) is 4.99 Å². The molecule has 0 spiro atoms. The van der Waals surface area contributed by atoms with E-state index >= 15 is 0 Å². The number of halogens is 2. The number of para-hydroxylation sites is 1. The monoisotopic (exact) mass is 493 g/mol. The molecule has 0 aliphatic heterocycles. The summed E-state index contributed by atoms with van der Waals surface area (Å²) in [5.41, 5.74) is 2.98. The molecule has 9 heteroatoms. The van der Waals surface area contributed by atoms with Crippen molar-refractivity contribution < 1.29 is 8.42 Å². The fourth-order valence-corrected chi connectivity index (χ4v) is 5.80.